The van der Waals surface area contributed by atoms with Crippen LogP contribution in [-0.2, 0) is 11.2 Å². The quantitative estimate of drug-likeness (QED) is 0.732. The van der Waals surface area contributed by atoms with E-state index in [9.17, 15) is 0 Å². The zero-order valence-corrected chi connectivity index (χ0v) is 14.5. The molecule has 2 nitrogen and oxygen atoms in total. The number of hydrogen-bond acceptors (Lipinski definition) is 2. The van der Waals surface area contributed by atoms with Crippen LogP contribution >= 0.6 is 0 Å². The predicted molar refractivity (Wildman–Crippen MR) is 91.7 cm³/mol. The van der Waals surface area contributed by atoms with Crippen LogP contribution in [0.2, 0.25) is 0 Å². The summed E-state index contributed by atoms with van der Waals surface area (Å²) in [6.45, 7) is 13.9. The normalized spacial score (nSPS) is 13.6. The summed E-state index contributed by atoms with van der Waals surface area (Å²) >= 11 is 0. The molecule has 0 aliphatic heterocycles. The van der Waals surface area contributed by atoms with Gasteiger partial charge in [-0.2, -0.15) is 0 Å². The second-order valence-electron chi connectivity index (χ2n) is 7.36. The Hall–Kier alpha value is -0.860. The van der Waals surface area contributed by atoms with E-state index < -0.39 is 0 Å². The number of rotatable bonds is 9. The van der Waals surface area contributed by atoms with E-state index in [0.717, 1.165) is 32.5 Å². The first-order valence-corrected chi connectivity index (χ1v) is 8.25. The van der Waals surface area contributed by atoms with Crippen molar-refractivity contribution in [2.75, 3.05) is 19.7 Å². The maximum Gasteiger partial charge on any atom is 0.0598 e. The van der Waals surface area contributed by atoms with Crippen LogP contribution in [-0.4, -0.2) is 25.3 Å². The van der Waals surface area contributed by atoms with E-state index in [1.165, 1.54) is 5.56 Å². The molecule has 2 heteroatoms. The molecule has 0 heterocycles. The van der Waals surface area contributed by atoms with Crippen molar-refractivity contribution in [2.45, 2.75) is 53.1 Å². The molecular weight excluding hydrogens is 258 g/mol. The summed E-state index contributed by atoms with van der Waals surface area (Å²) in [7, 11) is 0. The standard InChI is InChI=1S/C19H33NO/c1-16(2)14-20-15-18(11-12-21-19(3,4)5)13-17-9-7-6-8-10-17/h6-10,16,18,20H,11-15H2,1-5H3. The third kappa shape index (κ3) is 9.65. The van der Waals surface area contributed by atoms with Gasteiger partial charge in [0.2, 0.25) is 0 Å². The van der Waals surface area contributed by atoms with Crippen molar-refractivity contribution in [2.24, 2.45) is 11.8 Å². The van der Waals surface area contributed by atoms with Gasteiger partial charge in [0, 0.05) is 6.61 Å². The molecule has 0 aromatic heterocycles. The highest BCUT2D eigenvalue weighted by Gasteiger charge is 2.14. The lowest BCUT2D eigenvalue weighted by atomic mass is 9.96. The van der Waals surface area contributed by atoms with E-state index in [1.807, 2.05) is 0 Å². The Morgan fingerprint density at radius 3 is 2.29 bits per heavy atom. The van der Waals surface area contributed by atoms with Gasteiger partial charge in [-0.05, 0) is 64.1 Å². The summed E-state index contributed by atoms with van der Waals surface area (Å²) in [4.78, 5) is 0. The molecule has 120 valence electrons. The highest BCUT2D eigenvalue weighted by atomic mass is 16.5. The minimum absolute atomic E-state index is 0.0390. The topological polar surface area (TPSA) is 21.3 Å². The maximum atomic E-state index is 5.90. The summed E-state index contributed by atoms with van der Waals surface area (Å²) in [6.07, 6.45) is 2.23. The van der Waals surface area contributed by atoms with Crippen LogP contribution in [0.4, 0.5) is 0 Å². The smallest absolute Gasteiger partial charge is 0.0598 e. The van der Waals surface area contributed by atoms with Gasteiger partial charge in [0.1, 0.15) is 0 Å². The average Bonchev–Trinajstić information content (AvgIpc) is 2.37. The van der Waals surface area contributed by atoms with Crippen molar-refractivity contribution in [3.63, 3.8) is 0 Å². The van der Waals surface area contributed by atoms with Crippen LogP contribution in [0.25, 0.3) is 0 Å². The van der Waals surface area contributed by atoms with Gasteiger partial charge in [0.15, 0.2) is 0 Å². The molecule has 0 aliphatic carbocycles. The van der Waals surface area contributed by atoms with Crippen LogP contribution < -0.4 is 5.32 Å². The van der Waals surface area contributed by atoms with Gasteiger partial charge in [-0.25, -0.2) is 0 Å². The highest BCUT2D eigenvalue weighted by Crippen LogP contribution is 2.15. The lowest BCUT2D eigenvalue weighted by molar-refractivity contribution is -0.00921. The second-order valence-corrected chi connectivity index (χ2v) is 7.36. The van der Waals surface area contributed by atoms with Crippen LogP contribution in [0.5, 0.6) is 0 Å². The third-order valence-corrected chi connectivity index (χ3v) is 3.41. The summed E-state index contributed by atoms with van der Waals surface area (Å²) < 4.78 is 5.90. The Morgan fingerprint density at radius 1 is 1.05 bits per heavy atom. The predicted octanol–water partition coefficient (Wildman–Crippen LogP) is 4.30. The lowest BCUT2D eigenvalue weighted by Crippen LogP contribution is -2.29. The van der Waals surface area contributed by atoms with Gasteiger partial charge in [-0.1, -0.05) is 44.2 Å². The van der Waals surface area contributed by atoms with Gasteiger partial charge >= 0.3 is 0 Å². The van der Waals surface area contributed by atoms with Crippen molar-refractivity contribution in [3.05, 3.63) is 35.9 Å². The highest BCUT2D eigenvalue weighted by molar-refractivity contribution is 5.15. The molecule has 0 aliphatic rings. The summed E-state index contributed by atoms with van der Waals surface area (Å²) in [6, 6.07) is 10.8. The average molecular weight is 291 g/mol. The van der Waals surface area contributed by atoms with Crippen LogP contribution in [0, 0.1) is 11.8 Å². The van der Waals surface area contributed by atoms with Gasteiger partial charge < -0.3 is 10.1 Å². The van der Waals surface area contributed by atoms with E-state index in [4.69, 9.17) is 4.74 Å². The van der Waals surface area contributed by atoms with E-state index in [2.05, 4.69) is 70.3 Å². The van der Waals surface area contributed by atoms with Crippen molar-refractivity contribution in [1.82, 2.24) is 5.32 Å². The number of benzene rings is 1. The number of ether oxygens (including phenoxy) is 1. The Morgan fingerprint density at radius 2 is 1.71 bits per heavy atom. The molecule has 21 heavy (non-hydrogen) atoms. The fourth-order valence-corrected chi connectivity index (χ4v) is 2.33. The van der Waals surface area contributed by atoms with Crippen molar-refractivity contribution in [3.8, 4) is 0 Å². The van der Waals surface area contributed by atoms with E-state index in [-0.39, 0.29) is 5.60 Å². The molecule has 0 radical (unpaired) electrons. The largest absolute Gasteiger partial charge is 0.376 e. The molecule has 1 rings (SSSR count). The Bertz CT molecular complexity index is 367. The molecule has 0 spiro atoms. The fourth-order valence-electron chi connectivity index (χ4n) is 2.33. The third-order valence-electron chi connectivity index (χ3n) is 3.41. The Kier molecular flexibility index (Phi) is 7.98. The molecule has 0 amide bonds. The zero-order valence-electron chi connectivity index (χ0n) is 14.5. The fraction of sp³-hybridized carbons (Fsp3) is 0.684. The molecule has 1 atom stereocenters. The molecule has 0 saturated heterocycles. The molecule has 1 aromatic rings. The molecular formula is C19H33NO. The maximum absolute atomic E-state index is 5.90. The lowest BCUT2D eigenvalue weighted by Gasteiger charge is -2.23. The van der Waals surface area contributed by atoms with Gasteiger partial charge in [-0.3, -0.25) is 0 Å². The summed E-state index contributed by atoms with van der Waals surface area (Å²) in [5.74, 6) is 1.33. The number of hydrogen-bond donors (Lipinski definition) is 1. The van der Waals surface area contributed by atoms with Crippen molar-refractivity contribution >= 4 is 0 Å². The van der Waals surface area contributed by atoms with Crippen molar-refractivity contribution in [1.29, 1.82) is 0 Å². The van der Waals surface area contributed by atoms with Crippen LogP contribution in [0.1, 0.15) is 46.6 Å². The molecule has 1 unspecified atom stereocenters. The minimum atomic E-state index is -0.0390. The Labute approximate surface area is 131 Å². The van der Waals surface area contributed by atoms with E-state index in [0.29, 0.717) is 11.8 Å². The molecule has 0 saturated carbocycles. The summed E-state index contributed by atoms with van der Waals surface area (Å²) in [5, 5.41) is 3.60. The molecule has 1 N–H and O–H groups in total. The molecule has 0 bridgehead atoms. The van der Waals surface area contributed by atoms with Crippen LogP contribution in [0.3, 0.4) is 0 Å². The van der Waals surface area contributed by atoms with E-state index in [1.54, 1.807) is 0 Å². The molecule has 1 aromatic carbocycles. The van der Waals surface area contributed by atoms with Gasteiger partial charge in [0.25, 0.3) is 0 Å². The second kappa shape index (κ2) is 9.22. The first-order valence-electron chi connectivity index (χ1n) is 8.25. The first kappa shape index (κ1) is 18.2. The monoisotopic (exact) mass is 291 g/mol. The van der Waals surface area contributed by atoms with E-state index >= 15 is 0 Å². The Balaban J connectivity index is 2.45. The first-order chi connectivity index (χ1) is 9.87. The SMILES string of the molecule is CC(C)CNCC(CCOC(C)(C)C)Cc1ccccc1. The van der Waals surface area contributed by atoms with Crippen LogP contribution in [0.15, 0.2) is 30.3 Å². The minimum Gasteiger partial charge on any atom is -0.376 e. The van der Waals surface area contributed by atoms with Gasteiger partial charge in [-0.15, -0.1) is 0 Å². The summed E-state index contributed by atoms with van der Waals surface area (Å²) in [5.41, 5.74) is 1.38. The van der Waals surface area contributed by atoms with Gasteiger partial charge in [0.05, 0.1) is 5.60 Å². The molecule has 0 fully saturated rings. The van der Waals surface area contributed by atoms with Crippen molar-refractivity contribution < 1.29 is 4.74 Å². The number of nitrogens with one attached hydrogen (secondary N) is 1. The zero-order chi connectivity index (χ0) is 15.7.